The molecule has 0 unspecified atom stereocenters. The minimum absolute atomic E-state index is 0.616. The summed E-state index contributed by atoms with van der Waals surface area (Å²) in [5, 5.41) is 4.72. The van der Waals surface area contributed by atoms with Crippen molar-refractivity contribution in [1.29, 1.82) is 0 Å². The molecule has 0 saturated heterocycles. The second kappa shape index (κ2) is 8.09. The molecule has 148 valence electrons. The van der Waals surface area contributed by atoms with Crippen molar-refractivity contribution >= 4 is 28.3 Å². The van der Waals surface area contributed by atoms with Crippen molar-refractivity contribution in [2.75, 3.05) is 7.11 Å². The van der Waals surface area contributed by atoms with E-state index < -0.39 is 0 Å². The first-order chi connectivity index (χ1) is 14.1. The maximum absolute atomic E-state index is 6.17. The summed E-state index contributed by atoms with van der Waals surface area (Å²) < 4.78 is 4.32. The van der Waals surface area contributed by atoms with Gasteiger partial charge in [-0.15, -0.1) is 0 Å². The van der Waals surface area contributed by atoms with Gasteiger partial charge >= 0.3 is 0 Å². The van der Waals surface area contributed by atoms with Crippen LogP contribution in [0.4, 0.5) is 0 Å². The fourth-order valence-corrected chi connectivity index (χ4v) is 3.74. The first kappa shape index (κ1) is 19.2. The third-order valence-corrected chi connectivity index (χ3v) is 5.13. The highest BCUT2D eigenvalue weighted by molar-refractivity contribution is 6.30. The molecular weight excluding hydrogens is 386 g/mol. The van der Waals surface area contributed by atoms with Crippen LogP contribution in [0.5, 0.6) is 0 Å². The van der Waals surface area contributed by atoms with E-state index in [0.717, 1.165) is 46.1 Å². The molecule has 0 saturated carbocycles. The minimum Gasteiger partial charge on any atom is -0.399 e. The Balaban J connectivity index is 1.74. The van der Waals surface area contributed by atoms with Crippen LogP contribution in [-0.4, -0.2) is 31.9 Å². The van der Waals surface area contributed by atoms with Crippen LogP contribution in [0.15, 0.2) is 60.0 Å². The van der Waals surface area contributed by atoms with Gasteiger partial charge in [0.1, 0.15) is 18.8 Å². The summed E-state index contributed by atoms with van der Waals surface area (Å²) in [6.07, 6.45) is 3.77. The number of nitrogens with zero attached hydrogens (tertiary/aromatic N) is 5. The Morgan fingerprint density at radius 3 is 2.83 bits per heavy atom. The third kappa shape index (κ3) is 3.76. The molecule has 29 heavy (non-hydrogen) atoms. The average Bonchev–Trinajstić information content (AvgIpc) is 3.31. The molecule has 0 aliphatic carbocycles. The number of rotatable bonds is 6. The van der Waals surface area contributed by atoms with Gasteiger partial charge in [0.25, 0.3) is 0 Å². The molecule has 2 aromatic heterocycles. The van der Waals surface area contributed by atoms with E-state index in [-0.39, 0.29) is 0 Å². The molecule has 6 nitrogen and oxygen atoms in total. The van der Waals surface area contributed by atoms with Gasteiger partial charge in [-0.25, -0.2) is 9.97 Å². The molecule has 4 rings (SSSR count). The SMILES string of the molecule is CCn1c(Cn2ccnc2-c2cccc(Cl)c2)nc2cc(/C(C)=N/OC)ccc21. The Labute approximate surface area is 174 Å². The van der Waals surface area contributed by atoms with E-state index in [1.54, 1.807) is 13.3 Å². The summed E-state index contributed by atoms with van der Waals surface area (Å²) in [6.45, 7) is 5.50. The van der Waals surface area contributed by atoms with Gasteiger partial charge in [0.15, 0.2) is 0 Å². The van der Waals surface area contributed by atoms with Gasteiger partial charge in [-0.1, -0.05) is 35.0 Å². The number of aromatic nitrogens is 4. The number of hydrogen-bond donors (Lipinski definition) is 0. The average molecular weight is 408 g/mol. The molecule has 0 spiro atoms. The molecule has 0 atom stereocenters. The number of fused-ring (bicyclic) bond motifs is 1. The van der Waals surface area contributed by atoms with E-state index in [9.17, 15) is 0 Å². The van der Waals surface area contributed by atoms with Crippen molar-refractivity contribution in [1.82, 2.24) is 19.1 Å². The van der Waals surface area contributed by atoms with Crippen molar-refractivity contribution in [3.63, 3.8) is 0 Å². The van der Waals surface area contributed by atoms with Gasteiger partial charge in [0, 0.05) is 35.1 Å². The molecule has 0 aliphatic heterocycles. The van der Waals surface area contributed by atoms with Crippen molar-refractivity contribution in [3.8, 4) is 11.4 Å². The standard InChI is InChI=1S/C22H22ClN5O/c1-4-28-20-9-8-16(15(2)26-29-3)13-19(20)25-21(28)14-27-11-10-24-22(27)17-6-5-7-18(23)12-17/h5-13H,4,14H2,1-3H3/b26-15+. The molecular formula is C22H22ClN5O. The highest BCUT2D eigenvalue weighted by atomic mass is 35.5. The molecule has 0 N–H and O–H groups in total. The smallest absolute Gasteiger partial charge is 0.140 e. The van der Waals surface area contributed by atoms with E-state index in [1.165, 1.54) is 0 Å². The molecule has 0 bridgehead atoms. The van der Waals surface area contributed by atoms with Crippen LogP contribution < -0.4 is 0 Å². The Morgan fingerprint density at radius 2 is 2.07 bits per heavy atom. The maximum atomic E-state index is 6.17. The summed E-state index contributed by atoms with van der Waals surface area (Å²) in [6, 6.07) is 13.9. The van der Waals surface area contributed by atoms with E-state index in [4.69, 9.17) is 21.4 Å². The van der Waals surface area contributed by atoms with Crippen LogP contribution in [0.25, 0.3) is 22.4 Å². The van der Waals surface area contributed by atoms with Gasteiger partial charge in [0.05, 0.1) is 23.3 Å². The highest BCUT2D eigenvalue weighted by Gasteiger charge is 2.14. The zero-order chi connectivity index (χ0) is 20.4. The summed E-state index contributed by atoms with van der Waals surface area (Å²) in [5.74, 6) is 1.84. The van der Waals surface area contributed by atoms with Crippen LogP contribution in [0, 0.1) is 0 Å². The van der Waals surface area contributed by atoms with Gasteiger partial charge < -0.3 is 14.0 Å². The van der Waals surface area contributed by atoms with Crippen molar-refractivity contribution < 1.29 is 4.84 Å². The lowest BCUT2D eigenvalue weighted by molar-refractivity contribution is 0.213. The monoisotopic (exact) mass is 407 g/mol. The number of aryl methyl sites for hydroxylation is 1. The van der Waals surface area contributed by atoms with Gasteiger partial charge in [0.2, 0.25) is 0 Å². The lowest BCUT2D eigenvalue weighted by atomic mass is 10.1. The van der Waals surface area contributed by atoms with Crippen molar-refractivity contribution in [3.05, 3.63) is 71.3 Å². The summed E-state index contributed by atoms with van der Waals surface area (Å²) in [4.78, 5) is 14.3. The van der Waals surface area contributed by atoms with Crippen LogP contribution in [0.2, 0.25) is 5.02 Å². The molecule has 2 aromatic carbocycles. The predicted molar refractivity (Wildman–Crippen MR) is 116 cm³/mol. The lowest BCUT2D eigenvalue weighted by Crippen LogP contribution is -2.08. The molecule has 7 heteroatoms. The Hall–Kier alpha value is -3.12. The number of hydrogen-bond acceptors (Lipinski definition) is 4. The van der Waals surface area contributed by atoms with Crippen LogP contribution in [0.3, 0.4) is 0 Å². The zero-order valence-electron chi connectivity index (χ0n) is 16.6. The van der Waals surface area contributed by atoms with Gasteiger partial charge in [-0.2, -0.15) is 0 Å². The molecule has 0 aliphatic rings. The molecule has 2 heterocycles. The number of imidazole rings is 2. The highest BCUT2D eigenvalue weighted by Crippen LogP contribution is 2.24. The van der Waals surface area contributed by atoms with E-state index >= 15 is 0 Å². The first-order valence-electron chi connectivity index (χ1n) is 9.45. The van der Waals surface area contributed by atoms with Crippen LogP contribution in [0.1, 0.15) is 25.2 Å². The Kier molecular flexibility index (Phi) is 5.36. The summed E-state index contributed by atoms with van der Waals surface area (Å²) in [7, 11) is 1.55. The first-order valence-corrected chi connectivity index (χ1v) is 9.83. The fraction of sp³-hybridized carbons (Fsp3) is 0.227. The third-order valence-electron chi connectivity index (χ3n) is 4.90. The lowest BCUT2D eigenvalue weighted by Gasteiger charge is -2.10. The minimum atomic E-state index is 0.616. The number of halogens is 1. The quantitative estimate of drug-likeness (QED) is 0.334. The maximum Gasteiger partial charge on any atom is 0.140 e. The molecule has 4 aromatic rings. The number of benzene rings is 2. The van der Waals surface area contributed by atoms with E-state index in [2.05, 4.69) is 38.3 Å². The number of oxime groups is 1. The summed E-state index contributed by atoms with van der Waals surface area (Å²) in [5.41, 5.74) is 4.83. The van der Waals surface area contributed by atoms with Crippen LogP contribution in [-0.2, 0) is 17.9 Å². The van der Waals surface area contributed by atoms with Gasteiger partial charge in [-0.3, -0.25) is 0 Å². The van der Waals surface area contributed by atoms with Gasteiger partial charge in [-0.05, 0) is 38.1 Å². The topological polar surface area (TPSA) is 57.2 Å². The second-order valence-electron chi connectivity index (χ2n) is 6.72. The normalized spacial score (nSPS) is 11.9. The Morgan fingerprint density at radius 1 is 1.21 bits per heavy atom. The Bertz CT molecular complexity index is 1190. The molecule has 0 radical (unpaired) electrons. The van der Waals surface area contributed by atoms with E-state index in [0.29, 0.717) is 11.6 Å². The largest absolute Gasteiger partial charge is 0.399 e. The second-order valence-corrected chi connectivity index (χ2v) is 7.16. The summed E-state index contributed by atoms with van der Waals surface area (Å²) >= 11 is 6.17. The molecule has 0 amide bonds. The predicted octanol–water partition coefficient (Wildman–Crippen LogP) is 4.99. The molecule has 0 fully saturated rings. The van der Waals surface area contributed by atoms with Crippen molar-refractivity contribution in [2.45, 2.75) is 26.9 Å². The van der Waals surface area contributed by atoms with Crippen LogP contribution >= 0.6 is 11.6 Å². The zero-order valence-corrected chi connectivity index (χ0v) is 17.4. The van der Waals surface area contributed by atoms with E-state index in [1.807, 2.05) is 43.5 Å². The van der Waals surface area contributed by atoms with Crippen molar-refractivity contribution in [2.24, 2.45) is 5.16 Å². The fourth-order valence-electron chi connectivity index (χ4n) is 3.54.